The van der Waals surface area contributed by atoms with Crippen LogP contribution < -0.4 is 5.43 Å². The van der Waals surface area contributed by atoms with Crippen molar-refractivity contribution < 1.29 is 23.5 Å². The van der Waals surface area contributed by atoms with Crippen LogP contribution in [0.25, 0.3) is 0 Å². The first-order valence-corrected chi connectivity index (χ1v) is 12.0. The minimum Gasteiger partial charge on any atom is -0.459 e. The Balaban J connectivity index is 2.28. The molecule has 0 spiro atoms. The molecule has 0 amide bonds. The molecule has 176 valence electrons. The Kier molecular flexibility index (Phi) is 15.3. The van der Waals surface area contributed by atoms with Crippen molar-refractivity contribution in [2.45, 2.75) is 117 Å². The monoisotopic (exact) mass is 436 g/mol. The van der Waals surface area contributed by atoms with Crippen molar-refractivity contribution in [1.82, 2.24) is 0 Å². The number of esters is 2. The zero-order chi connectivity index (χ0) is 22.7. The summed E-state index contributed by atoms with van der Waals surface area (Å²) in [6, 6.07) is 2.58. The van der Waals surface area contributed by atoms with Crippen LogP contribution in [0.1, 0.15) is 115 Å². The third-order valence-corrected chi connectivity index (χ3v) is 5.09. The van der Waals surface area contributed by atoms with Crippen molar-refractivity contribution >= 4 is 11.9 Å². The number of hydrogen-bond acceptors (Lipinski definition) is 6. The summed E-state index contributed by atoms with van der Waals surface area (Å²) in [5.74, 6) is -0.0839. The van der Waals surface area contributed by atoms with Crippen LogP contribution in [-0.4, -0.2) is 11.9 Å². The van der Waals surface area contributed by atoms with E-state index in [0.717, 1.165) is 38.5 Å². The van der Waals surface area contributed by atoms with Gasteiger partial charge < -0.3 is 13.9 Å². The quantitative estimate of drug-likeness (QED) is 0.200. The minimum atomic E-state index is -0.297. The van der Waals surface area contributed by atoms with Gasteiger partial charge in [0.25, 0.3) is 0 Å². The minimum absolute atomic E-state index is 0.0938. The van der Waals surface area contributed by atoms with Gasteiger partial charge in [0, 0.05) is 25.0 Å². The predicted octanol–water partition coefficient (Wildman–Crippen LogP) is 6.23. The molecule has 31 heavy (non-hydrogen) atoms. The van der Waals surface area contributed by atoms with Crippen LogP contribution >= 0.6 is 0 Å². The lowest BCUT2D eigenvalue weighted by Gasteiger charge is -2.07. The summed E-state index contributed by atoms with van der Waals surface area (Å²) < 4.78 is 16.0. The Morgan fingerprint density at radius 2 is 1.06 bits per heavy atom. The van der Waals surface area contributed by atoms with Crippen LogP contribution in [-0.2, 0) is 32.3 Å². The molecule has 0 radical (unpaired) electrons. The molecular weight excluding hydrogens is 396 g/mol. The first-order valence-electron chi connectivity index (χ1n) is 12.0. The summed E-state index contributed by atoms with van der Waals surface area (Å²) in [6.45, 7) is 4.16. The lowest BCUT2D eigenvalue weighted by molar-refractivity contribution is -0.145. The molecule has 1 aromatic rings. The molecule has 0 fully saturated rings. The molecule has 1 rings (SSSR count). The van der Waals surface area contributed by atoms with E-state index in [4.69, 9.17) is 13.9 Å². The van der Waals surface area contributed by atoms with E-state index in [2.05, 4.69) is 13.8 Å². The van der Waals surface area contributed by atoms with Gasteiger partial charge in [0.1, 0.15) is 24.7 Å². The van der Waals surface area contributed by atoms with Crippen LogP contribution in [0, 0.1) is 0 Å². The molecule has 0 aliphatic carbocycles. The maximum absolute atomic E-state index is 11.9. The highest BCUT2D eigenvalue weighted by Crippen LogP contribution is 2.11. The normalized spacial score (nSPS) is 10.8. The molecule has 0 atom stereocenters. The van der Waals surface area contributed by atoms with Gasteiger partial charge in [0.2, 0.25) is 0 Å². The molecule has 0 aliphatic rings. The van der Waals surface area contributed by atoms with Gasteiger partial charge in [0.15, 0.2) is 5.43 Å². The fourth-order valence-electron chi connectivity index (χ4n) is 3.28. The second-order valence-electron chi connectivity index (χ2n) is 8.08. The molecule has 1 heterocycles. The van der Waals surface area contributed by atoms with E-state index in [1.807, 2.05) is 0 Å². The van der Waals surface area contributed by atoms with Crippen molar-refractivity contribution in [3.8, 4) is 0 Å². The molecule has 0 aromatic carbocycles. The largest absolute Gasteiger partial charge is 0.459 e. The lowest BCUT2D eigenvalue weighted by atomic mass is 10.1. The lowest BCUT2D eigenvalue weighted by Crippen LogP contribution is -2.10. The third-order valence-electron chi connectivity index (χ3n) is 5.09. The van der Waals surface area contributed by atoms with E-state index in [-0.39, 0.29) is 42.1 Å². The number of ether oxygens (including phenoxy) is 2. The van der Waals surface area contributed by atoms with E-state index >= 15 is 0 Å². The summed E-state index contributed by atoms with van der Waals surface area (Å²) >= 11 is 0. The Bertz CT molecular complexity index is 626. The smallest absolute Gasteiger partial charge is 0.306 e. The number of unbranched alkanes of at least 4 members (excludes halogenated alkanes) is 10. The van der Waals surface area contributed by atoms with Gasteiger partial charge in [-0.3, -0.25) is 14.4 Å². The first kappa shape index (κ1) is 26.9. The van der Waals surface area contributed by atoms with Crippen LogP contribution in [0.2, 0.25) is 0 Å². The summed E-state index contributed by atoms with van der Waals surface area (Å²) in [4.78, 5) is 35.6. The van der Waals surface area contributed by atoms with Crippen LogP contribution in [0.4, 0.5) is 0 Å². The maximum atomic E-state index is 11.9. The van der Waals surface area contributed by atoms with Gasteiger partial charge in [-0.05, 0) is 12.8 Å². The molecule has 6 heteroatoms. The van der Waals surface area contributed by atoms with Crippen molar-refractivity contribution in [1.29, 1.82) is 0 Å². The Morgan fingerprint density at radius 3 is 1.48 bits per heavy atom. The van der Waals surface area contributed by atoms with Crippen molar-refractivity contribution in [3.63, 3.8) is 0 Å². The standard InChI is InChI=1S/C25H40O6/c1-3-5-7-9-11-13-15-24(27)29-19-22-17-21(26)18-23(31-22)20-30-25(28)16-14-12-10-8-6-4-2/h17-18H,3-16,19-20H2,1-2H3. The van der Waals surface area contributed by atoms with Gasteiger partial charge in [-0.15, -0.1) is 0 Å². The van der Waals surface area contributed by atoms with Crippen molar-refractivity contribution in [2.24, 2.45) is 0 Å². The zero-order valence-corrected chi connectivity index (χ0v) is 19.4. The summed E-state index contributed by atoms with van der Waals surface area (Å²) in [7, 11) is 0. The van der Waals surface area contributed by atoms with Gasteiger partial charge in [-0.25, -0.2) is 0 Å². The third kappa shape index (κ3) is 14.5. The second kappa shape index (κ2) is 17.6. The molecule has 0 saturated carbocycles. The average molecular weight is 437 g/mol. The number of rotatable bonds is 18. The summed E-state index contributed by atoms with van der Waals surface area (Å²) in [5, 5.41) is 0. The number of carbonyl (C=O) groups excluding carboxylic acids is 2. The molecule has 0 saturated heterocycles. The molecule has 0 unspecified atom stereocenters. The fourth-order valence-corrected chi connectivity index (χ4v) is 3.28. The van der Waals surface area contributed by atoms with E-state index in [1.165, 1.54) is 50.7 Å². The molecule has 1 aromatic heterocycles. The maximum Gasteiger partial charge on any atom is 0.306 e. The first-order chi connectivity index (χ1) is 15.0. The number of carbonyl (C=O) groups is 2. The Labute approximate surface area is 186 Å². The topological polar surface area (TPSA) is 82.8 Å². The summed E-state index contributed by atoms with van der Waals surface area (Å²) in [5.41, 5.74) is -0.268. The SMILES string of the molecule is CCCCCCCCC(=O)OCc1cc(=O)cc(COC(=O)CCCCCCCC)o1. The van der Waals surface area contributed by atoms with Gasteiger partial charge in [-0.2, -0.15) is 0 Å². The molecule has 0 N–H and O–H groups in total. The van der Waals surface area contributed by atoms with Crippen molar-refractivity contribution in [3.05, 3.63) is 33.9 Å². The van der Waals surface area contributed by atoms with E-state index in [0.29, 0.717) is 12.8 Å². The number of hydrogen-bond donors (Lipinski definition) is 0. The van der Waals surface area contributed by atoms with E-state index < -0.39 is 0 Å². The van der Waals surface area contributed by atoms with Crippen LogP contribution in [0.15, 0.2) is 21.3 Å². The molecule has 0 aliphatic heterocycles. The van der Waals surface area contributed by atoms with E-state index in [1.54, 1.807) is 0 Å². The summed E-state index contributed by atoms with van der Waals surface area (Å²) in [6.07, 6.45) is 13.9. The van der Waals surface area contributed by atoms with Crippen LogP contribution in [0.3, 0.4) is 0 Å². The average Bonchev–Trinajstić information content (AvgIpc) is 2.75. The Hall–Kier alpha value is -2.11. The highest BCUT2D eigenvalue weighted by molar-refractivity contribution is 5.69. The predicted molar refractivity (Wildman–Crippen MR) is 121 cm³/mol. The molecular formula is C25H40O6. The highest BCUT2D eigenvalue weighted by Gasteiger charge is 2.09. The van der Waals surface area contributed by atoms with E-state index in [9.17, 15) is 14.4 Å². The second-order valence-corrected chi connectivity index (χ2v) is 8.08. The van der Waals surface area contributed by atoms with Gasteiger partial charge in [-0.1, -0.05) is 78.1 Å². The van der Waals surface area contributed by atoms with Gasteiger partial charge in [0.05, 0.1) is 0 Å². The fraction of sp³-hybridized carbons (Fsp3) is 0.720. The molecule has 0 bridgehead atoms. The van der Waals surface area contributed by atoms with Crippen LogP contribution in [0.5, 0.6) is 0 Å². The zero-order valence-electron chi connectivity index (χ0n) is 19.4. The Morgan fingerprint density at radius 1 is 0.677 bits per heavy atom. The van der Waals surface area contributed by atoms with Crippen molar-refractivity contribution in [2.75, 3.05) is 0 Å². The highest BCUT2D eigenvalue weighted by atomic mass is 16.5. The van der Waals surface area contributed by atoms with Gasteiger partial charge >= 0.3 is 11.9 Å². The molecule has 6 nitrogen and oxygen atoms in total.